The highest BCUT2D eigenvalue weighted by Gasteiger charge is 2.25. The Labute approximate surface area is 157 Å². The molecule has 1 aromatic rings. The van der Waals surface area contributed by atoms with Crippen molar-refractivity contribution in [1.29, 1.82) is 0 Å². The molecule has 0 saturated carbocycles. The van der Waals surface area contributed by atoms with Crippen molar-refractivity contribution in [2.75, 3.05) is 38.6 Å². The lowest BCUT2D eigenvalue weighted by Crippen LogP contribution is -2.37. The lowest BCUT2D eigenvalue weighted by molar-refractivity contribution is -0.143. The number of hydrogen-bond donors (Lipinski definition) is 1. The average Bonchev–Trinajstić information content (AvgIpc) is 2.88. The molecule has 0 aliphatic carbocycles. The summed E-state index contributed by atoms with van der Waals surface area (Å²) in [7, 11) is 1.30. The number of hydrogen-bond acceptors (Lipinski definition) is 5. The summed E-state index contributed by atoms with van der Waals surface area (Å²) in [6.45, 7) is 2.01. The van der Waals surface area contributed by atoms with E-state index >= 15 is 0 Å². The van der Waals surface area contributed by atoms with Gasteiger partial charge < -0.3 is 19.9 Å². The van der Waals surface area contributed by atoms with Crippen molar-refractivity contribution in [3.05, 3.63) is 29.3 Å². The number of methoxy groups -OCH3 is 1. The van der Waals surface area contributed by atoms with Gasteiger partial charge in [-0.3, -0.25) is 19.2 Å². The molecule has 0 radical (unpaired) electrons. The van der Waals surface area contributed by atoms with Gasteiger partial charge in [0.05, 0.1) is 20.0 Å². The van der Waals surface area contributed by atoms with Crippen LogP contribution >= 0.6 is 0 Å². The Kier molecular flexibility index (Phi) is 5.73. The van der Waals surface area contributed by atoms with E-state index in [2.05, 4.69) is 10.1 Å². The van der Waals surface area contributed by atoms with E-state index in [4.69, 9.17) is 0 Å². The largest absolute Gasteiger partial charge is 0.469 e. The molecule has 8 nitrogen and oxygen atoms in total. The molecule has 2 heterocycles. The fourth-order valence-corrected chi connectivity index (χ4v) is 3.38. The number of fused-ring (bicyclic) bond motifs is 1. The van der Waals surface area contributed by atoms with Crippen molar-refractivity contribution >= 4 is 29.4 Å². The monoisotopic (exact) mass is 373 g/mol. The van der Waals surface area contributed by atoms with Gasteiger partial charge in [-0.25, -0.2) is 0 Å². The quantitative estimate of drug-likeness (QED) is 0.788. The minimum Gasteiger partial charge on any atom is -0.469 e. The van der Waals surface area contributed by atoms with E-state index in [1.54, 1.807) is 28.0 Å². The van der Waals surface area contributed by atoms with Gasteiger partial charge in [0.15, 0.2) is 0 Å². The Hall–Kier alpha value is -2.90. The van der Waals surface area contributed by atoms with Gasteiger partial charge in [0, 0.05) is 43.9 Å². The molecule has 0 unspecified atom stereocenters. The zero-order valence-corrected chi connectivity index (χ0v) is 15.3. The standard InChI is InChI=1S/C19H23N3O5/c1-27-18(25)6-5-17(24)21-7-2-8-22(10-9-21)19(26)13-3-4-15-14(11-13)12-16(23)20-15/h3-4,11H,2,5-10,12H2,1H3,(H,20,23). The Bertz CT molecular complexity index is 777. The number of nitrogens with zero attached hydrogens (tertiary/aromatic N) is 2. The summed E-state index contributed by atoms with van der Waals surface area (Å²) in [6, 6.07) is 5.24. The molecule has 3 amide bonds. The van der Waals surface area contributed by atoms with E-state index < -0.39 is 5.97 Å². The van der Waals surface area contributed by atoms with Gasteiger partial charge in [0.25, 0.3) is 5.91 Å². The van der Waals surface area contributed by atoms with E-state index in [1.165, 1.54) is 7.11 Å². The number of carbonyl (C=O) groups is 4. The second kappa shape index (κ2) is 8.20. The zero-order chi connectivity index (χ0) is 19.4. The Balaban J connectivity index is 1.58. The second-order valence-corrected chi connectivity index (χ2v) is 6.70. The van der Waals surface area contributed by atoms with Crippen LogP contribution in [-0.4, -0.2) is 66.8 Å². The third-order valence-corrected chi connectivity index (χ3v) is 4.88. The summed E-state index contributed by atoms with van der Waals surface area (Å²) in [5, 5.41) is 2.75. The van der Waals surface area contributed by atoms with Gasteiger partial charge in [0.2, 0.25) is 11.8 Å². The molecule has 27 heavy (non-hydrogen) atoms. The Morgan fingerprint density at radius 2 is 1.81 bits per heavy atom. The van der Waals surface area contributed by atoms with Crippen LogP contribution < -0.4 is 5.32 Å². The molecular formula is C19H23N3O5. The van der Waals surface area contributed by atoms with E-state index in [1.807, 2.05) is 0 Å². The van der Waals surface area contributed by atoms with Crippen LogP contribution in [0.15, 0.2) is 18.2 Å². The van der Waals surface area contributed by atoms with Crippen molar-refractivity contribution < 1.29 is 23.9 Å². The second-order valence-electron chi connectivity index (χ2n) is 6.70. The summed E-state index contributed by atoms with van der Waals surface area (Å²) in [5.74, 6) is -0.664. The number of anilines is 1. The van der Waals surface area contributed by atoms with Gasteiger partial charge in [-0.05, 0) is 30.2 Å². The first kappa shape index (κ1) is 18.9. The molecule has 2 aliphatic rings. The highest BCUT2D eigenvalue weighted by Crippen LogP contribution is 2.24. The zero-order valence-electron chi connectivity index (χ0n) is 15.3. The summed E-state index contributed by atoms with van der Waals surface area (Å²) in [4.78, 5) is 51.2. The van der Waals surface area contributed by atoms with Gasteiger partial charge in [-0.2, -0.15) is 0 Å². The van der Waals surface area contributed by atoms with Crippen molar-refractivity contribution in [1.82, 2.24) is 9.80 Å². The number of nitrogens with one attached hydrogen (secondary N) is 1. The van der Waals surface area contributed by atoms with Crippen LogP contribution in [0.5, 0.6) is 0 Å². The topological polar surface area (TPSA) is 96.0 Å². The van der Waals surface area contributed by atoms with E-state index in [0.717, 1.165) is 11.3 Å². The highest BCUT2D eigenvalue weighted by atomic mass is 16.5. The number of benzene rings is 1. The smallest absolute Gasteiger partial charge is 0.306 e. The molecular weight excluding hydrogens is 350 g/mol. The summed E-state index contributed by atoms with van der Waals surface area (Å²) in [5.41, 5.74) is 2.14. The summed E-state index contributed by atoms with van der Waals surface area (Å²) in [6.07, 6.45) is 1.16. The molecule has 3 rings (SSSR count). The van der Waals surface area contributed by atoms with Crippen molar-refractivity contribution in [2.45, 2.75) is 25.7 Å². The van der Waals surface area contributed by atoms with E-state index in [-0.39, 0.29) is 30.6 Å². The van der Waals surface area contributed by atoms with E-state index in [0.29, 0.717) is 44.6 Å². The van der Waals surface area contributed by atoms with Crippen LogP contribution in [-0.2, 0) is 25.5 Å². The van der Waals surface area contributed by atoms with Crippen molar-refractivity contribution in [2.24, 2.45) is 0 Å². The Morgan fingerprint density at radius 1 is 1.07 bits per heavy atom. The van der Waals surface area contributed by atoms with Crippen LogP contribution in [0.3, 0.4) is 0 Å². The number of amides is 3. The molecule has 0 bridgehead atoms. The van der Waals surface area contributed by atoms with Crippen LogP contribution in [0, 0.1) is 0 Å². The lowest BCUT2D eigenvalue weighted by Gasteiger charge is -2.22. The predicted molar refractivity (Wildman–Crippen MR) is 97.1 cm³/mol. The Morgan fingerprint density at radius 3 is 2.59 bits per heavy atom. The first-order valence-corrected chi connectivity index (χ1v) is 9.04. The summed E-state index contributed by atoms with van der Waals surface area (Å²) >= 11 is 0. The molecule has 1 N–H and O–H groups in total. The van der Waals surface area contributed by atoms with Crippen molar-refractivity contribution in [3.63, 3.8) is 0 Å². The minimum atomic E-state index is -0.403. The third-order valence-electron chi connectivity index (χ3n) is 4.88. The van der Waals surface area contributed by atoms with Crippen LogP contribution in [0.2, 0.25) is 0 Å². The molecule has 2 aliphatic heterocycles. The molecule has 0 atom stereocenters. The van der Waals surface area contributed by atoms with Crippen molar-refractivity contribution in [3.8, 4) is 0 Å². The van der Waals surface area contributed by atoms with Gasteiger partial charge >= 0.3 is 5.97 Å². The molecule has 0 aromatic heterocycles. The first-order valence-electron chi connectivity index (χ1n) is 9.04. The van der Waals surface area contributed by atoms with Gasteiger partial charge in [-0.15, -0.1) is 0 Å². The number of esters is 1. The normalized spacial score (nSPS) is 16.4. The van der Waals surface area contributed by atoms with E-state index in [9.17, 15) is 19.2 Å². The number of carbonyl (C=O) groups excluding carboxylic acids is 4. The van der Waals surface area contributed by atoms with Crippen LogP contribution in [0.1, 0.15) is 35.2 Å². The maximum atomic E-state index is 12.8. The maximum absolute atomic E-state index is 12.8. The van der Waals surface area contributed by atoms with Crippen LogP contribution in [0.25, 0.3) is 0 Å². The molecule has 1 fully saturated rings. The number of ether oxygens (including phenoxy) is 1. The maximum Gasteiger partial charge on any atom is 0.306 e. The number of rotatable bonds is 4. The SMILES string of the molecule is COC(=O)CCC(=O)N1CCCN(C(=O)c2ccc3c(c2)CC(=O)N3)CC1. The lowest BCUT2D eigenvalue weighted by atomic mass is 10.1. The first-order chi connectivity index (χ1) is 13.0. The molecule has 1 saturated heterocycles. The molecule has 1 aromatic carbocycles. The minimum absolute atomic E-state index is 0.0644. The fourth-order valence-electron chi connectivity index (χ4n) is 3.38. The van der Waals surface area contributed by atoms with Gasteiger partial charge in [0.1, 0.15) is 0 Å². The molecule has 8 heteroatoms. The summed E-state index contributed by atoms with van der Waals surface area (Å²) < 4.78 is 4.56. The molecule has 0 spiro atoms. The van der Waals surface area contributed by atoms with Gasteiger partial charge in [-0.1, -0.05) is 0 Å². The fraction of sp³-hybridized carbons (Fsp3) is 0.474. The average molecular weight is 373 g/mol. The molecule has 144 valence electrons. The van der Waals surface area contributed by atoms with Crippen LogP contribution in [0.4, 0.5) is 5.69 Å². The highest BCUT2D eigenvalue weighted by molar-refractivity contribution is 6.01. The third kappa shape index (κ3) is 4.45. The predicted octanol–water partition coefficient (Wildman–Crippen LogP) is 0.809.